The number of rotatable bonds is 3. The van der Waals surface area contributed by atoms with Crippen molar-refractivity contribution in [1.29, 1.82) is 0 Å². The summed E-state index contributed by atoms with van der Waals surface area (Å²) in [6.45, 7) is 3.48. The number of urea groups is 1. The summed E-state index contributed by atoms with van der Waals surface area (Å²) in [5.41, 5.74) is 0.0125. The van der Waals surface area contributed by atoms with Gasteiger partial charge in [-0.15, -0.1) is 0 Å². The van der Waals surface area contributed by atoms with Crippen LogP contribution in [-0.4, -0.2) is 41.2 Å². The zero-order valence-corrected chi connectivity index (χ0v) is 21.2. The fourth-order valence-electron chi connectivity index (χ4n) is 6.13. The standard InChI is InChI=1S/C28H24F4N4O3/c1-14-11-19(39-3)27(2)24-21(14)33-20(37)13-35(24)26(38)36-23(16-5-4-6-18(29)12-16)22(34-25(27)36)15-7-9-17(10-8-15)28(30,31)32/h4-12,14,22-23H,13H2,1-3H3,(H,33,37). The third-order valence-electron chi connectivity index (χ3n) is 7.86. The molecule has 7 nitrogen and oxygen atoms in total. The van der Waals surface area contributed by atoms with Crippen LogP contribution in [0.5, 0.6) is 0 Å². The normalized spacial score (nSPS) is 28.0. The summed E-state index contributed by atoms with van der Waals surface area (Å²) in [6, 6.07) is 8.03. The molecule has 3 aliphatic heterocycles. The summed E-state index contributed by atoms with van der Waals surface area (Å²) >= 11 is 0. The highest BCUT2D eigenvalue weighted by Crippen LogP contribution is 2.56. The van der Waals surface area contributed by atoms with Crippen molar-refractivity contribution in [2.24, 2.45) is 16.3 Å². The van der Waals surface area contributed by atoms with Crippen LogP contribution in [-0.2, 0) is 15.7 Å². The maximum atomic E-state index is 14.4. The minimum absolute atomic E-state index is 0.235. The number of amides is 3. The highest BCUT2D eigenvalue weighted by atomic mass is 19.4. The maximum absolute atomic E-state index is 14.4. The first kappa shape index (κ1) is 25.1. The number of fused-ring (bicyclic) bond motifs is 2. The molecule has 202 valence electrons. The second-order valence-corrected chi connectivity index (χ2v) is 10.2. The lowest BCUT2D eigenvalue weighted by molar-refractivity contribution is -0.137. The van der Waals surface area contributed by atoms with Crippen LogP contribution in [0.4, 0.5) is 22.4 Å². The number of halogens is 4. The van der Waals surface area contributed by atoms with E-state index in [1.807, 2.05) is 19.9 Å². The number of methoxy groups -OCH3 is 1. The van der Waals surface area contributed by atoms with E-state index in [9.17, 15) is 27.2 Å². The minimum Gasteiger partial charge on any atom is -0.500 e. The molecule has 2 aromatic rings. The first-order valence-electron chi connectivity index (χ1n) is 12.4. The summed E-state index contributed by atoms with van der Waals surface area (Å²) in [5, 5.41) is 2.90. The Kier molecular flexibility index (Phi) is 5.43. The van der Waals surface area contributed by atoms with Crippen LogP contribution in [0.2, 0.25) is 0 Å². The zero-order chi connectivity index (χ0) is 27.9. The van der Waals surface area contributed by atoms with E-state index in [1.165, 1.54) is 47.2 Å². The van der Waals surface area contributed by atoms with Crippen molar-refractivity contribution < 1.29 is 31.9 Å². The Morgan fingerprint density at radius 2 is 1.82 bits per heavy atom. The molecule has 3 heterocycles. The van der Waals surface area contributed by atoms with Gasteiger partial charge in [0, 0.05) is 11.6 Å². The van der Waals surface area contributed by atoms with Gasteiger partial charge in [0.25, 0.3) is 0 Å². The van der Waals surface area contributed by atoms with E-state index >= 15 is 0 Å². The van der Waals surface area contributed by atoms with Crippen LogP contribution in [0.15, 0.2) is 76.8 Å². The van der Waals surface area contributed by atoms with Crippen molar-refractivity contribution in [3.63, 3.8) is 0 Å². The number of carbonyl (C=O) groups is 2. The van der Waals surface area contributed by atoms with Gasteiger partial charge in [0.15, 0.2) is 0 Å². The second-order valence-electron chi connectivity index (χ2n) is 10.2. The molecule has 39 heavy (non-hydrogen) atoms. The molecule has 4 unspecified atom stereocenters. The Balaban J connectivity index is 1.58. The van der Waals surface area contributed by atoms with Crippen LogP contribution in [0, 0.1) is 17.2 Å². The molecule has 4 aliphatic rings. The number of hydrogen-bond acceptors (Lipinski definition) is 4. The van der Waals surface area contributed by atoms with E-state index in [0.717, 1.165) is 12.1 Å². The van der Waals surface area contributed by atoms with Gasteiger partial charge in [0.1, 0.15) is 35.4 Å². The third-order valence-corrected chi connectivity index (χ3v) is 7.86. The molecule has 11 heteroatoms. The molecule has 3 amide bonds. The van der Waals surface area contributed by atoms with Crippen LogP contribution >= 0.6 is 0 Å². The first-order valence-corrected chi connectivity index (χ1v) is 12.4. The molecular weight excluding hydrogens is 516 g/mol. The number of aliphatic imine (C=N–C) groups is 1. The van der Waals surface area contributed by atoms with Crippen LogP contribution in [0.1, 0.15) is 42.6 Å². The van der Waals surface area contributed by atoms with Gasteiger partial charge in [-0.1, -0.05) is 31.2 Å². The molecule has 0 radical (unpaired) electrons. The molecule has 4 atom stereocenters. The van der Waals surface area contributed by atoms with Crippen molar-refractivity contribution >= 4 is 17.8 Å². The second kappa shape index (κ2) is 8.42. The van der Waals surface area contributed by atoms with E-state index in [4.69, 9.17) is 9.73 Å². The lowest BCUT2D eigenvalue weighted by atomic mass is 9.72. The van der Waals surface area contributed by atoms with Gasteiger partial charge in [0.2, 0.25) is 5.91 Å². The van der Waals surface area contributed by atoms with E-state index in [-0.39, 0.29) is 18.4 Å². The number of carbonyl (C=O) groups excluding carboxylic acids is 2. The number of alkyl halides is 3. The van der Waals surface area contributed by atoms with Gasteiger partial charge in [-0.3, -0.25) is 19.6 Å². The average Bonchev–Trinajstić information content (AvgIpc) is 3.30. The summed E-state index contributed by atoms with van der Waals surface area (Å²) in [5.74, 6) is -0.330. The Morgan fingerprint density at radius 1 is 1.10 bits per heavy atom. The Bertz CT molecular complexity index is 1500. The maximum Gasteiger partial charge on any atom is 0.416 e. The molecule has 1 fully saturated rings. The molecular formula is C28H24F4N4O3. The number of ether oxygens (including phenoxy) is 1. The van der Waals surface area contributed by atoms with Gasteiger partial charge in [0.05, 0.1) is 24.4 Å². The largest absolute Gasteiger partial charge is 0.500 e. The number of nitrogens with one attached hydrogen (secondary N) is 1. The van der Waals surface area contributed by atoms with Crippen molar-refractivity contribution in [2.75, 3.05) is 13.7 Å². The van der Waals surface area contributed by atoms with Crippen molar-refractivity contribution in [3.05, 3.63) is 94.3 Å². The van der Waals surface area contributed by atoms with Gasteiger partial charge >= 0.3 is 12.2 Å². The molecule has 1 saturated heterocycles. The fourth-order valence-corrected chi connectivity index (χ4v) is 6.13. The van der Waals surface area contributed by atoms with Crippen LogP contribution < -0.4 is 5.32 Å². The molecule has 2 aromatic carbocycles. The Hall–Kier alpha value is -4.15. The SMILES string of the molecule is COC1=CC(C)C2=C3N(CC(=O)N2)C(=O)N2C(=NC(c4ccc(C(F)(F)F)cc4)C2c2cccc(F)c2)C13C. The highest BCUT2D eigenvalue weighted by molar-refractivity contribution is 6.10. The lowest BCUT2D eigenvalue weighted by Gasteiger charge is -2.52. The number of nitrogens with zero attached hydrogens (tertiary/aromatic N) is 3. The van der Waals surface area contributed by atoms with Gasteiger partial charge in [-0.25, -0.2) is 9.18 Å². The molecule has 6 rings (SSSR count). The number of amidine groups is 1. The van der Waals surface area contributed by atoms with E-state index < -0.39 is 41.1 Å². The molecule has 0 bridgehead atoms. The predicted molar refractivity (Wildman–Crippen MR) is 132 cm³/mol. The zero-order valence-electron chi connectivity index (χ0n) is 21.2. The lowest BCUT2D eigenvalue weighted by Crippen LogP contribution is -2.64. The number of allylic oxidation sites excluding steroid dienone is 1. The summed E-state index contributed by atoms with van der Waals surface area (Å²) in [4.78, 5) is 34.6. The van der Waals surface area contributed by atoms with Gasteiger partial charge in [-0.2, -0.15) is 13.2 Å². The molecule has 1 N–H and O–H groups in total. The Labute approximate surface area is 221 Å². The number of benzene rings is 2. The topological polar surface area (TPSA) is 74.2 Å². The minimum atomic E-state index is -4.52. The van der Waals surface area contributed by atoms with Crippen molar-refractivity contribution in [2.45, 2.75) is 32.1 Å². The molecule has 0 spiro atoms. The summed E-state index contributed by atoms with van der Waals surface area (Å²) in [6.07, 6.45) is -2.67. The van der Waals surface area contributed by atoms with Gasteiger partial charge in [-0.05, 0) is 48.4 Å². The van der Waals surface area contributed by atoms with Crippen molar-refractivity contribution in [3.8, 4) is 0 Å². The number of hydrogen-bond donors (Lipinski definition) is 1. The van der Waals surface area contributed by atoms with E-state index in [2.05, 4.69) is 5.32 Å². The van der Waals surface area contributed by atoms with E-state index in [0.29, 0.717) is 34.1 Å². The average molecular weight is 541 g/mol. The van der Waals surface area contributed by atoms with Crippen LogP contribution in [0.3, 0.4) is 0 Å². The van der Waals surface area contributed by atoms with Gasteiger partial charge < -0.3 is 10.1 Å². The highest BCUT2D eigenvalue weighted by Gasteiger charge is 2.61. The smallest absolute Gasteiger partial charge is 0.416 e. The predicted octanol–water partition coefficient (Wildman–Crippen LogP) is 5.30. The summed E-state index contributed by atoms with van der Waals surface area (Å²) in [7, 11) is 1.51. The quantitative estimate of drug-likeness (QED) is 0.537. The van der Waals surface area contributed by atoms with E-state index in [1.54, 1.807) is 6.07 Å². The van der Waals surface area contributed by atoms with Crippen molar-refractivity contribution in [1.82, 2.24) is 15.1 Å². The molecule has 0 aromatic heterocycles. The van der Waals surface area contributed by atoms with Crippen LogP contribution in [0.25, 0.3) is 0 Å². The monoisotopic (exact) mass is 540 g/mol. The first-order chi connectivity index (χ1) is 18.4. The molecule has 0 saturated carbocycles. The fraction of sp³-hybridized carbons (Fsp3) is 0.321. The molecule has 1 aliphatic carbocycles. The summed E-state index contributed by atoms with van der Waals surface area (Å²) < 4.78 is 60.1. The Morgan fingerprint density at radius 3 is 2.46 bits per heavy atom. The third kappa shape index (κ3) is 3.59.